The van der Waals surface area contributed by atoms with Gasteiger partial charge >= 0.3 is 0 Å². The van der Waals surface area contributed by atoms with Gasteiger partial charge in [-0.1, -0.05) is 54.6 Å². The second-order valence-corrected chi connectivity index (χ2v) is 12.1. The molecule has 42 heavy (non-hydrogen) atoms. The summed E-state index contributed by atoms with van der Waals surface area (Å²) in [6.07, 6.45) is 5.58. The lowest BCUT2D eigenvalue weighted by atomic mass is 10.0. The topological polar surface area (TPSA) is 118 Å². The molecule has 1 saturated heterocycles. The number of hydrogen-bond acceptors (Lipinski definition) is 8. The van der Waals surface area contributed by atoms with Crippen LogP contribution in [-0.2, 0) is 15.8 Å². The Morgan fingerprint density at radius 1 is 0.952 bits per heavy atom. The Hall–Kier alpha value is -4.54. The van der Waals surface area contributed by atoms with E-state index >= 15 is 0 Å². The lowest BCUT2D eigenvalue weighted by molar-refractivity contribution is 0.466. The summed E-state index contributed by atoms with van der Waals surface area (Å²) in [5, 5.41) is 8.32. The molecule has 3 heterocycles. The van der Waals surface area contributed by atoms with Crippen molar-refractivity contribution in [3.63, 3.8) is 0 Å². The van der Waals surface area contributed by atoms with Crippen LogP contribution in [0.5, 0.6) is 11.6 Å². The third-order valence-corrected chi connectivity index (χ3v) is 8.42. The maximum absolute atomic E-state index is 13.1. The number of ether oxygens (including phenoxy) is 1. The molecule has 0 radical (unpaired) electrons. The number of nitrogens with one attached hydrogen (secondary N) is 3. The predicted octanol–water partition coefficient (Wildman–Crippen LogP) is 5.90. The smallest absolute Gasteiger partial charge is 0.236 e. The van der Waals surface area contributed by atoms with Gasteiger partial charge in [0, 0.05) is 35.8 Å². The van der Waals surface area contributed by atoms with Gasteiger partial charge in [-0.25, -0.2) is 23.4 Å². The fourth-order valence-electron chi connectivity index (χ4n) is 5.20. The third kappa shape index (κ3) is 6.35. The third-order valence-electron chi connectivity index (χ3n) is 7.18. The van der Waals surface area contributed by atoms with E-state index in [0.717, 1.165) is 47.8 Å². The van der Waals surface area contributed by atoms with Crippen LogP contribution in [-0.4, -0.2) is 42.5 Å². The van der Waals surface area contributed by atoms with Crippen molar-refractivity contribution in [2.45, 2.75) is 31.6 Å². The number of rotatable bonds is 9. The molecule has 1 fully saturated rings. The molecule has 214 valence electrons. The van der Waals surface area contributed by atoms with Crippen molar-refractivity contribution in [2.75, 3.05) is 23.1 Å². The molecular weight excluding hydrogens is 548 g/mol. The highest BCUT2D eigenvalue weighted by Gasteiger charge is 2.20. The molecule has 0 unspecified atom stereocenters. The van der Waals surface area contributed by atoms with Crippen molar-refractivity contribution in [1.82, 2.24) is 20.3 Å². The zero-order valence-corrected chi connectivity index (χ0v) is 24.1. The fraction of sp³-hybridized carbons (Fsp3) is 0.219. The van der Waals surface area contributed by atoms with Crippen LogP contribution < -0.4 is 20.1 Å². The summed E-state index contributed by atoms with van der Waals surface area (Å²) in [7, 11) is -3.65. The van der Waals surface area contributed by atoms with E-state index in [1.165, 1.54) is 0 Å². The molecule has 0 aliphatic carbocycles. The number of nitrogens with zero attached hydrogens (tertiary/aromatic N) is 3. The first-order chi connectivity index (χ1) is 20.4. The van der Waals surface area contributed by atoms with E-state index in [1.54, 1.807) is 30.6 Å². The van der Waals surface area contributed by atoms with Gasteiger partial charge in [0.15, 0.2) is 0 Å². The van der Waals surface area contributed by atoms with Crippen molar-refractivity contribution in [2.24, 2.45) is 0 Å². The molecular formula is C32H32N6O3S. The van der Waals surface area contributed by atoms with Gasteiger partial charge in [0.25, 0.3) is 0 Å². The number of sulfonamides is 1. The number of piperidine rings is 1. The molecule has 0 bridgehead atoms. The summed E-state index contributed by atoms with van der Waals surface area (Å²) in [6.45, 7) is 3.80. The fourth-order valence-corrected chi connectivity index (χ4v) is 6.41. The number of pyridine rings is 1. The Bertz CT molecular complexity index is 1810. The Kier molecular flexibility index (Phi) is 7.98. The van der Waals surface area contributed by atoms with Gasteiger partial charge < -0.3 is 15.4 Å². The minimum absolute atomic E-state index is 0.121. The number of benzene rings is 3. The average molecular weight is 581 g/mol. The van der Waals surface area contributed by atoms with Crippen molar-refractivity contribution in [1.29, 1.82) is 0 Å². The van der Waals surface area contributed by atoms with Gasteiger partial charge in [-0.2, -0.15) is 0 Å². The van der Waals surface area contributed by atoms with Crippen LogP contribution in [0.3, 0.4) is 0 Å². The average Bonchev–Trinajstić information content (AvgIpc) is 3.00. The van der Waals surface area contributed by atoms with Crippen LogP contribution in [0.15, 0.2) is 91.3 Å². The van der Waals surface area contributed by atoms with E-state index in [-0.39, 0.29) is 11.8 Å². The van der Waals surface area contributed by atoms with E-state index in [4.69, 9.17) is 9.72 Å². The van der Waals surface area contributed by atoms with E-state index in [9.17, 15) is 8.42 Å². The quantitative estimate of drug-likeness (QED) is 0.197. The first-order valence-corrected chi connectivity index (χ1v) is 15.6. The monoisotopic (exact) mass is 580 g/mol. The van der Waals surface area contributed by atoms with E-state index < -0.39 is 10.0 Å². The Morgan fingerprint density at radius 3 is 2.57 bits per heavy atom. The molecule has 0 spiro atoms. The van der Waals surface area contributed by atoms with Crippen LogP contribution in [0.4, 0.5) is 11.6 Å². The molecule has 0 saturated carbocycles. The summed E-state index contributed by atoms with van der Waals surface area (Å²) in [4.78, 5) is 13.7. The number of anilines is 2. The summed E-state index contributed by atoms with van der Waals surface area (Å²) in [5.74, 6) is 1.43. The van der Waals surface area contributed by atoms with Crippen LogP contribution in [0.2, 0.25) is 0 Å². The lowest BCUT2D eigenvalue weighted by Gasteiger charge is -2.23. The lowest BCUT2D eigenvalue weighted by Crippen LogP contribution is -2.38. The van der Waals surface area contributed by atoms with Crippen molar-refractivity contribution >= 4 is 32.4 Å². The SMILES string of the molecule is Cc1cc(NS(=O)(=O)Cc2ccccc2)c2ccccc2c1Oc1ncccc1-c1ccnc(N[C@H]2CCCNC2)n1. The predicted molar refractivity (Wildman–Crippen MR) is 166 cm³/mol. The molecule has 1 atom stereocenters. The number of aromatic nitrogens is 3. The summed E-state index contributed by atoms with van der Waals surface area (Å²) >= 11 is 0. The number of hydrogen-bond donors (Lipinski definition) is 3. The van der Waals surface area contributed by atoms with Crippen molar-refractivity contribution in [3.05, 3.63) is 102 Å². The minimum Gasteiger partial charge on any atom is -0.437 e. The molecule has 3 aromatic carbocycles. The van der Waals surface area contributed by atoms with Gasteiger partial charge in [-0.05, 0) is 61.7 Å². The summed E-state index contributed by atoms with van der Waals surface area (Å²) in [5.41, 5.74) is 3.38. The minimum atomic E-state index is -3.65. The summed E-state index contributed by atoms with van der Waals surface area (Å²) in [6, 6.07) is 24.4. The highest BCUT2D eigenvalue weighted by molar-refractivity contribution is 7.91. The van der Waals surface area contributed by atoms with Gasteiger partial charge in [-0.15, -0.1) is 0 Å². The molecule has 5 aromatic rings. The van der Waals surface area contributed by atoms with Gasteiger partial charge in [-0.3, -0.25) is 4.72 Å². The molecule has 1 aliphatic rings. The standard InChI is InChI=1S/C32H32N6O3S/c1-22-19-29(38-42(39,40)21-23-9-3-2-4-10-23)25-12-5-6-13-26(25)30(22)41-31-27(14-8-17-34-31)28-15-18-35-32(37-28)36-24-11-7-16-33-20-24/h2-6,8-10,12-15,17-19,24,33,38H,7,11,16,20-21H2,1H3,(H,35,36,37)/t24-/m0/s1. The maximum atomic E-state index is 13.1. The summed E-state index contributed by atoms with van der Waals surface area (Å²) < 4.78 is 35.5. The van der Waals surface area contributed by atoms with Crippen molar-refractivity contribution < 1.29 is 13.2 Å². The molecule has 9 nitrogen and oxygen atoms in total. The van der Waals surface area contributed by atoms with E-state index in [0.29, 0.717) is 34.5 Å². The second kappa shape index (κ2) is 12.1. The van der Waals surface area contributed by atoms with Crippen LogP contribution in [0.1, 0.15) is 24.0 Å². The first kappa shape index (κ1) is 27.6. The van der Waals surface area contributed by atoms with Crippen LogP contribution in [0.25, 0.3) is 22.0 Å². The Labute approximate surface area is 245 Å². The molecule has 1 aliphatic heterocycles. The van der Waals surface area contributed by atoms with Crippen molar-refractivity contribution in [3.8, 4) is 22.9 Å². The molecule has 6 rings (SSSR count). The zero-order valence-electron chi connectivity index (χ0n) is 23.2. The zero-order chi connectivity index (χ0) is 28.9. The van der Waals surface area contributed by atoms with Gasteiger partial charge in [0.05, 0.1) is 22.7 Å². The van der Waals surface area contributed by atoms with E-state index in [2.05, 4.69) is 25.3 Å². The molecule has 0 amide bonds. The van der Waals surface area contributed by atoms with Gasteiger partial charge in [0.2, 0.25) is 21.9 Å². The number of fused-ring (bicyclic) bond motifs is 1. The molecule has 10 heteroatoms. The largest absolute Gasteiger partial charge is 0.437 e. The number of aryl methyl sites for hydroxylation is 1. The second-order valence-electron chi connectivity index (χ2n) is 10.4. The van der Waals surface area contributed by atoms with Crippen LogP contribution in [0, 0.1) is 6.92 Å². The normalized spacial score (nSPS) is 15.3. The van der Waals surface area contributed by atoms with Gasteiger partial charge in [0.1, 0.15) is 5.75 Å². The first-order valence-electron chi connectivity index (χ1n) is 14.0. The Balaban J connectivity index is 1.31. The maximum Gasteiger partial charge on any atom is 0.236 e. The Morgan fingerprint density at radius 2 is 1.76 bits per heavy atom. The highest BCUT2D eigenvalue weighted by atomic mass is 32.2. The molecule has 3 N–H and O–H groups in total. The highest BCUT2D eigenvalue weighted by Crippen LogP contribution is 2.40. The van der Waals surface area contributed by atoms with Crippen LogP contribution >= 0.6 is 0 Å². The molecule has 2 aromatic heterocycles. The van der Waals surface area contributed by atoms with E-state index in [1.807, 2.05) is 67.6 Å².